The van der Waals surface area contributed by atoms with E-state index in [4.69, 9.17) is 23.7 Å². The van der Waals surface area contributed by atoms with Crippen molar-refractivity contribution in [1.29, 1.82) is 0 Å². The molecule has 1 aromatic carbocycles. The van der Waals surface area contributed by atoms with Crippen molar-refractivity contribution in [3.8, 4) is 0 Å². The number of ether oxygens (including phenoxy) is 5. The summed E-state index contributed by atoms with van der Waals surface area (Å²) in [6.45, 7) is 6.54. The highest BCUT2D eigenvalue weighted by Crippen LogP contribution is 2.45. The second kappa shape index (κ2) is 13.4. The molecule has 1 fully saturated rings. The van der Waals surface area contributed by atoms with E-state index in [9.17, 15) is 24.0 Å². The minimum atomic E-state index is -1.67. The molecule has 1 aromatic rings. The molecule has 1 N–H and O–H groups in total. The zero-order chi connectivity index (χ0) is 27.8. The minimum absolute atomic E-state index is 0.0945. The van der Waals surface area contributed by atoms with Gasteiger partial charge < -0.3 is 29.0 Å². The second-order valence-corrected chi connectivity index (χ2v) is 10.00. The van der Waals surface area contributed by atoms with Gasteiger partial charge in [-0.15, -0.1) is 0 Å². The third-order valence-electron chi connectivity index (χ3n) is 5.40. The third kappa shape index (κ3) is 9.04. The lowest BCUT2D eigenvalue weighted by Gasteiger charge is -2.46. The summed E-state index contributed by atoms with van der Waals surface area (Å²) in [5, 5.41) is 2.73. The summed E-state index contributed by atoms with van der Waals surface area (Å²) in [6, 6.07) is 6.45. The van der Waals surface area contributed by atoms with Crippen LogP contribution in [0.4, 0.5) is 0 Å². The first-order valence-corrected chi connectivity index (χ1v) is 12.4. The number of nitrogens with one attached hydrogen (secondary N) is 1. The van der Waals surface area contributed by atoms with E-state index in [0.717, 1.165) is 17.3 Å². The summed E-state index contributed by atoms with van der Waals surface area (Å²) in [4.78, 5) is 59.4. The Kier molecular flexibility index (Phi) is 10.9. The number of hydrogen-bond acceptors (Lipinski definition) is 11. The maximum Gasteiger partial charge on any atom is 0.349 e. The fourth-order valence-corrected chi connectivity index (χ4v) is 5.22. The summed E-state index contributed by atoms with van der Waals surface area (Å²) in [7, 11) is 1.21. The maximum atomic E-state index is 13.2. The number of thioether (sulfide) groups is 1. The molecule has 1 saturated heterocycles. The molecular weight excluding hydrogens is 506 g/mol. The number of carbonyl (C=O) groups excluding carboxylic acids is 5. The van der Waals surface area contributed by atoms with Crippen LogP contribution >= 0.6 is 11.8 Å². The van der Waals surface area contributed by atoms with Crippen molar-refractivity contribution in [3.05, 3.63) is 29.8 Å². The lowest BCUT2D eigenvalue weighted by atomic mass is 9.91. The molecule has 1 aliphatic heterocycles. The Balaban J connectivity index is 2.54. The van der Waals surface area contributed by atoms with Crippen molar-refractivity contribution < 1.29 is 47.7 Å². The average molecular weight is 540 g/mol. The predicted octanol–water partition coefficient (Wildman–Crippen LogP) is 2.07. The van der Waals surface area contributed by atoms with Crippen LogP contribution in [-0.4, -0.2) is 72.8 Å². The van der Waals surface area contributed by atoms with Crippen LogP contribution in [0, 0.1) is 6.92 Å². The van der Waals surface area contributed by atoms with E-state index in [1.54, 1.807) is 0 Å². The number of hydrogen-bond donors (Lipinski definition) is 1. The van der Waals surface area contributed by atoms with E-state index < -0.39 is 59.1 Å². The van der Waals surface area contributed by atoms with E-state index in [2.05, 4.69) is 5.32 Å². The zero-order valence-corrected chi connectivity index (χ0v) is 22.5. The Labute approximate surface area is 219 Å². The van der Waals surface area contributed by atoms with Crippen LogP contribution in [0.5, 0.6) is 0 Å². The third-order valence-corrected chi connectivity index (χ3v) is 6.67. The first-order chi connectivity index (χ1) is 17.3. The van der Waals surface area contributed by atoms with E-state index in [1.807, 2.05) is 31.2 Å². The Morgan fingerprint density at radius 1 is 1.05 bits per heavy atom. The number of rotatable bonds is 10. The van der Waals surface area contributed by atoms with Crippen molar-refractivity contribution in [1.82, 2.24) is 5.32 Å². The number of methoxy groups -OCH3 is 1. The molecule has 0 saturated carbocycles. The van der Waals surface area contributed by atoms with Crippen molar-refractivity contribution in [2.45, 2.75) is 81.6 Å². The molecule has 2 rings (SSSR count). The Bertz CT molecular complexity index is 998. The van der Waals surface area contributed by atoms with Gasteiger partial charge in [-0.3, -0.25) is 19.2 Å². The molecule has 1 aliphatic rings. The number of esters is 4. The van der Waals surface area contributed by atoms with Gasteiger partial charge in [-0.2, -0.15) is 0 Å². The van der Waals surface area contributed by atoms with Gasteiger partial charge >= 0.3 is 23.9 Å². The molecule has 5 atom stereocenters. The van der Waals surface area contributed by atoms with Gasteiger partial charge in [-0.25, -0.2) is 4.79 Å². The van der Waals surface area contributed by atoms with E-state index in [-0.39, 0.29) is 19.4 Å². The van der Waals surface area contributed by atoms with Crippen LogP contribution in [0.25, 0.3) is 0 Å². The van der Waals surface area contributed by atoms with Crippen LogP contribution in [0.2, 0.25) is 0 Å². The molecule has 0 unspecified atom stereocenters. The quantitative estimate of drug-likeness (QED) is 0.345. The van der Waals surface area contributed by atoms with Gasteiger partial charge in [0.15, 0.2) is 0 Å². The molecule has 37 heavy (non-hydrogen) atoms. The average Bonchev–Trinajstić information content (AvgIpc) is 2.79. The molecule has 0 aliphatic carbocycles. The smallest absolute Gasteiger partial charge is 0.349 e. The molecule has 11 nitrogen and oxygen atoms in total. The largest absolute Gasteiger partial charge is 0.466 e. The summed E-state index contributed by atoms with van der Waals surface area (Å²) >= 11 is 1.07. The Morgan fingerprint density at radius 2 is 1.70 bits per heavy atom. The number of benzene rings is 1. The lowest BCUT2D eigenvalue weighted by molar-refractivity contribution is -0.196. The highest BCUT2D eigenvalue weighted by molar-refractivity contribution is 8.01. The van der Waals surface area contributed by atoms with Crippen LogP contribution in [0.1, 0.15) is 46.1 Å². The fourth-order valence-electron chi connectivity index (χ4n) is 3.99. The molecule has 1 amide bonds. The number of amides is 1. The van der Waals surface area contributed by atoms with Crippen LogP contribution in [-0.2, 0) is 47.7 Å². The van der Waals surface area contributed by atoms with Crippen LogP contribution in [0.15, 0.2) is 29.2 Å². The number of aryl methyl sites for hydroxylation is 1. The van der Waals surface area contributed by atoms with E-state index in [1.165, 1.54) is 34.8 Å². The Hall–Kier alpha value is -3.12. The van der Waals surface area contributed by atoms with E-state index >= 15 is 0 Å². The zero-order valence-electron chi connectivity index (χ0n) is 21.7. The summed E-state index contributed by atoms with van der Waals surface area (Å²) in [6.07, 6.45) is -3.22. The van der Waals surface area contributed by atoms with Gasteiger partial charge in [0.25, 0.3) is 0 Å². The highest BCUT2D eigenvalue weighted by Gasteiger charge is 2.55. The van der Waals surface area contributed by atoms with Crippen molar-refractivity contribution in [2.75, 3.05) is 13.7 Å². The minimum Gasteiger partial charge on any atom is -0.466 e. The predicted molar refractivity (Wildman–Crippen MR) is 131 cm³/mol. The van der Waals surface area contributed by atoms with E-state index in [0.29, 0.717) is 4.90 Å². The molecule has 204 valence electrons. The van der Waals surface area contributed by atoms with Gasteiger partial charge in [0.05, 0.1) is 19.3 Å². The second-order valence-electron chi connectivity index (χ2n) is 8.66. The monoisotopic (exact) mass is 539 g/mol. The molecule has 0 bridgehead atoms. The van der Waals surface area contributed by atoms with Gasteiger partial charge in [-0.1, -0.05) is 29.5 Å². The molecule has 0 radical (unpaired) electrons. The molecule has 0 spiro atoms. The molecule has 12 heteroatoms. The number of carbonyl (C=O) groups is 5. The van der Waals surface area contributed by atoms with Crippen molar-refractivity contribution in [2.24, 2.45) is 0 Å². The highest BCUT2D eigenvalue weighted by atomic mass is 32.2. The van der Waals surface area contributed by atoms with Crippen molar-refractivity contribution >= 4 is 41.5 Å². The van der Waals surface area contributed by atoms with Gasteiger partial charge in [-0.05, 0) is 19.1 Å². The van der Waals surface area contributed by atoms with Crippen molar-refractivity contribution in [3.63, 3.8) is 0 Å². The molecule has 0 aromatic heterocycles. The standard InChI is InChI=1S/C25H33NO10S/c1-14-7-9-20(10-8-14)37-25(24(31)32-6)12-22(35-18(5)30)23(26-15(2)27)21(36-25)11-19(34-17(4)29)13-33-16(3)28/h7-10,19,21-23H,11-13H2,1-6H3,(H,26,27)/t19-,21-,22-,23-,25+/m0/s1. The first-order valence-electron chi connectivity index (χ1n) is 11.6. The molecular formula is C25H33NO10S. The SMILES string of the molecule is COC(=O)[C@]1(Sc2ccc(C)cc2)C[C@H](OC(C)=O)[C@@H](NC(C)=O)[C@H](C[C@@H](COC(C)=O)OC(C)=O)O1. The summed E-state index contributed by atoms with van der Waals surface area (Å²) < 4.78 is 27.4. The summed E-state index contributed by atoms with van der Waals surface area (Å²) in [5.41, 5.74) is 1.01. The Morgan fingerprint density at radius 3 is 2.22 bits per heavy atom. The fraction of sp³-hybridized carbons (Fsp3) is 0.560. The first kappa shape index (κ1) is 30.1. The van der Waals surface area contributed by atoms with Gasteiger partial charge in [0.1, 0.15) is 18.8 Å². The lowest BCUT2D eigenvalue weighted by Crippen LogP contribution is -2.63. The normalized spacial score (nSPS) is 23.8. The van der Waals surface area contributed by atoms with Gasteiger partial charge in [0, 0.05) is 45.4 Å². The topological polar surface area (TPSA) is 144 Å². The summed E-state index contributed by atoms with van der Waals surface area (Å²) in [5.74, 6) is -3.01. The van der Waals surface area contributed by atoms with Gasteiger partial charge in [0.2, 0.25) is 10.8 Å². The van der Waals surface area contributed by atoms with Crippen LogP contribution in [0.3, 0.4) is 0 Å². The maximum absolute atomic E-state index is 13.2. The van der Waals surface area contributed by atoms with Crippen LogP contribution < -0.4 is 5.32 Å². The molecule has 1 heterocycles.